The molecule has 2 rings (SSSR count). The fraction of sp³-hybridized carbons (Fsp3) is 0.267. The summed E-state index contributed by atoms with van der Waals surface area (Å²) in [6.45, 7) is 1.90. The van der Waals surface area contributed by atoms with Gasteiger partial charge in [0.1, 0.15) is 11.5 Å². The van der Waals surface area contributed by atoms with Gasteiger partial charge in [-0.15, -0.1) is 0 Å². The van der Waals surface area contributed by atoms with Crippen LogP contribution in [0.5, 0.6) is 0 Å². The smallest absolute Gasteiger partial charge is 0.396 e. The molecule has 23 heavy (non-hydrogen) atoms. The summed E-state index contributed by atoms with van der Waals surface area (Å²) in [4.78, 5) is 0. The van der Waals surface area contributed by atoms with Crippen LogP contribution >= 0.6 is 0 Å². The first-order valence-corrected chi connectivity index (χ1v) is 6.82. The van der Waals surface area contributed by atoms with Crippen LogP contribution in [-0.4, -0.2) is 9.78 Å². The van der Waals surface area contributed by atoms with Gasteiger partial charge in [0.2, 0.25) is 0 Å². The van der Waals surface area contributed by atoms with Gasteiger partial charge in [-0.2, -0.15) is 18.3 Å². The lowest BCUT2D eigenvalue weighted by Crippen LogP contribution is -2.17. The van der Waals surface area contributed by atoms with Crippen LogP contribution in [0, 0.1) is 11.6 Å². The van der Waals surface area contributed by atoms with E-state index >= 15 is 0 Å². The summed E-state index contributed by atoms with van der Waals surface area (Å²) in [5, 5.41) is 3.51. The highest BCUT2D eigenvalue weighted by atomic mass is 19.4. The molecular weight excluding hydrogens is 317 g/mol. The first-order chi connectivity index (χ1) is 10.8. The van der Waals surface area contributed by atoms with Gasteiger partial charge in [0.05, 0.1) is 11.9 Å². The second kappa shape index (κ2) is 6.39. The molecule has 1 aromatic heterocycles. The quantitative estimate of drug-likeness (QED) is 0.834. The number of allylic oxidation sites excluding steroid dienone is 1. The van der Waals surface area contributed by atoms with Crippen LogP contribution in [-0.2, 0) is 6.18 Å². The van der Waals surface area contributed by atoms with E-state index in [2.05, 4.69) is 5.10 Å². The molecule has 8 heteroatoms. The van der Waals surface area contributed by atoms with Crippen LogP contribution < -0.4 is 5.73 Å². The number of hydrogen-bond donors (Lipinski definition) is 1. The average Bonchev–Trinajstić information content (AvgIpc) is 2.80. The monoisotopic (exact) mass is 331 g/mol. The minimum absolute atomic E-state index is 0.0513. The van der Waals surface area contributed by atoms with Crippen molar-refractivity contribution in [1.29, 1.82) is 0 Å². The molecule has 0 spiro atoms. The standard InChI is InChI=1S/C15H14F5N3/c1-2-3-4-5-9-6-10(16)7-11(17)13(9)23-14(15(18,19)20)12(21)8-22-23/h4-8H,2-3,21H2,1H3. The Bertz CT molecular complexity index is 731. The van der Waals surface area contributed by atoms with Gasteiger partial charge in [0.25, 0.3) is 0 Å². The summed E-state index contributed by atoms with van der Waals surface area (Å²) in [6.07, 6.45) is 0.342. The van der Waals surface area contributed by atoms with Gasteiger partial charge >= 0.3 is 6.18 Å². The normalized spacial score (nSPS) is 12.3. The molecular formula is C15H14F5N3. The Labute approximate surface area is 129 Å². The van der Waals surface area contributed by atoms with E-state index in [1.807, 2.05) is 6.92 Å². The Morgan fingerprint density at radius 2 is 1.96 bits per heavy atom. The molecule has 0 bridgehead atoms. The lowest BCUT2D eigenvalue weighted by atomic mass is 10.1. The number of rotatable bonds is 4. The Hall–Kier alpha value is -2.38. The molecule has 0 radical (unpaired) electrons. The molecule has 0 fully saturated rings. The second-order valence-electron chi connectivity index (χ2n) is 4.87. The van der Waals surface area contributed by atoms with E-state index in [1.165, 1.54) is 6.08 Å². The number of nitrogens with zero attached hydrogens (tertiary/aromatic N) is 2. The largest absolute Gasteiger partial charge is 0.435 e. The number of anilines is 1. The van der Waals surface area contributed by atoms with Crippen molar-refractivity contribution in [3.05, 3.63) is 47.3 Å². The molecule has 2 N–H and O–H groups in total. The molecule has 0 aliphatic carbocycles. The number of alkyl halides is 3. The van der Waals surface area contributed by atoms with Gasteiger partial charge in [0, 0.05) is 11.6 Å². The van der Waals surface area contributed by atoms with Crippen LogP contribution in [0.1, 0.15) is 31.0 Å². The Kier molecular flexibility index (Phi) is 4.72. The highest BCUT2D eigenvalue weighted by Gasteiger charge is 2.39. The average molecular weight is 331 g/mol. The number of unbranched alkanes of at least 4 members (excludes halogenated alkanes) is 1. The van der Waals surface area contributed by atoms with Gasteiger partial charge in [-0.1, -0.05) is 25.5 Å². The van der Waals surface area contributed by atoms with E-state index in [9.17, 15) is 22.0 Å². The molecule has 0 aliphatic rings. The summed E-state index contributed by atoms with van der Waals surface area (Å²) < 4.78 is 67.3. The summed E-state index contributed by atoms with van der Waals surface area (Å²) in [7, 11) is 0. The summed E-state index contributed by atoms with van der Waals surface area (Å²) in [5.74, 6) is -2.05. The van der Waals surface area contributed by atoms with Crippen molar-refractivity contribution in [2.75, 3.05) is 5.73 Å². The zero-order valence-electron chi connectivity index (χ0n) is 12.2. The summed E-state index contributed by atoms with van der Waals surface area (Å²) in [5.41, 5.74) is 2.82. The molecule has 124 valence electrons. The first kappa shape index (κ1) is 17.0. The van der Waals surface area contributed by atoms with E-state index in [-0.39, 0.29) is 5.56 Å². The molecule has 0 unspecified atom stereocenters. The molecule has 2 aromatic rings. The number of aromatic nitrogens is 2. The molecule has 3 nitrogen and oxygen atoms in total. The first-order valence-electron chi connectivity index (χ1n) is 6.82. The van der Waals surface area contributed by atoms with Gasteiger partial charge < -0.3 is 5.73 Å². The number of halogens is 5. The molecule has 0 saturated carbocycles. The van der Waals surface area contributed by atoms with Crippen molar-refractivity contribution < 1.29 is 22.0 Å². The summed E-state index contributed by atoms with van der Waals surface area (Å²) >= 11 is 0. The molecule has 1 aromatic carbocycles. The highest BCUT2D eigenvalue weighted by Crippen LogP contribution is 2.36. The maximum Gasteiger partial charge on any atom is 0.435 e. The van der Waals surface area contributed by atoms with Crippen LogP contribution in [0.2, 0.25) is 0 Å². The Morgan fingerprint density at radius 3 is 2.57 bits per heavy atom. The Balaban J connectivity index is 2.69. The molecule has 0 amide bonds. The van der Waals surface area contributed by atoms with Gasteiger partial charge in [-0.3, -0.25) is 0 Å². The van der Waals surface area contributed by atoms with E-state index < -0.39 is 34.9 Å². The third-order valence-electron chi connectivity index (χ3n) is 3.09. The van der Waals surface area contributed by atoms with Crippen molar-refractivity contribution in [2.24, 2.45) is 0 Å². The van der Waals surface area contributed by atoms with Crippen LogP contribution in [0.15, 0.2) is 24.4 Å². The molecule has 0 aliphatic heterocycles. The van der Waals surface area contributed by atoms with Crippen molar-refractivity contribution in [2.45, 2.75) is 25.9 Å². The third-order valence-corrected chi connectivity index (χ3v) is 3.09. The van der Waals surface area contributed by atoms with Crippen molar-refractivity contribution in [3.63, 3.8) is 0 Å². The molecule has 0 atom stereocenters. The third kappa shape index (κ3) is 3.52. The van der Waals surface area contributed by atoms with E-state index in [1.54, 1.807) is 6.08 Å². The predicted molar refractivity (Wildman–Crippen MR) is 76.8 cm³/mol. The van der Waals surface area contributed by atoms with Crippen molar-refractivity contribution in [1.82, 2.24) is 9.78 Å². The van der Waals surface area contributed by atoms with Gasteiger partial charge in [-0.05, 0) is 12.5 Å². The number of hydrogen-bond acceptors (Lipinski definition) is 2. The van der Waals surface area contributed by atoms with Crippen LogP contribution in [0.4, 0.5) is 27.6 Å². The van der Waals surface area contributed by atoms with E-state index in [0.29, 0.717) is 17.2 Å². The maximum absolute atomic E-state index is 14.1. The van der Waals surface area contributed by atoms with E-state index in [4.69, 9.17) is 5.73 Å². The molecule has 1 heterocycles. The topological polar surface area (TPSA) is 43.8 Å². The summed E-state index contributed by atoms with van der Waals surface area (Å²) in [6, 6.07) is 1.45. The zero-order chi connectivity index (χ0) is 17.2. The fourth-order valence-corrected chi connectivity index (χ4v) is 2.13. The minimum Gasteiger partial charge on any atom is -0.396 e. The maximum atomic E-state index is 14.1. The lowest BCUT2D eigenvalue weighted by molar-refractivity contribution is -0.142. The SMILES string of the molecule is CCCC=Cc1cc(F)cc(F)c1-n1ncc(N)c1C(F)(F)F. The second-order valence-corrected chi connectivity index (χ2v) is 4.87. The number of nitrogen functional groups attached to an aromatic ring is 1. The van der Waals surface area contributed by atoms with Gasteiger partial charge in [0.15, 0.2) is 11.5 Å². The van der Waals surface area contributed by atoms with E-state index in [0.717, 1.165) is 18.7 Å². The van der Waals surface area contributed by atoms with Crippen molar-refractivity contribution in [3.8, 4) is 5.69 Å². The lowest BCUT2D eigenvalue weighted by Gasteiger charge is -2.14. The highest BCUT2D eigenvalue weighted by molar-refractivity contribution is 5.63. The van der Waals surface area contributed by atoms with Crippen LogP contribution in [0.3, 0.4) is 0 Å². The van der Waals surface area contributed by atoms with Crippen molar-refractivity contribution >= 4 is 11.8 Å². The fourth-order valence-electron chi connectivity index (χ4n) is 2.13. The number of benzene rings is 1. The molecule has 0 saturated heterocycles. The minimum atomic E-state index is -4.83. The van der Waals surface area contributed by atoms with Gasteiger partial charge in [-0.25, -0.2) is 13.5 Å². The predicted octanol–water partition coefficient (Wildman–Crippen LogP) is 4.56. The Morgan fingerprint density at radius 1 is 1.26 bits per heavy atom. The van der Waals surface area contributed by atoms with Crippen LogP contribution in [0.25, 0.3) is 11.8 Å². The number of nitrogens with two attached hydrogens (primary N) is 1. The zero-order valence-corrected chi connectivity index (χ0v) is 12.2.